The molecular weight excluding hydrogens is 636 g/mol. The number of aliphatic hydroxyl groups is 4. The average Bonchev–Trinajstić information content (AvgIpc) is 3.61. The summed E-state index contributed by atoms with van der Waals surface area (Å²) in [5.74, 6) is 0.0465. The fourth-order valence-electron chi connectivity index (χ4n) is 4.52. The molecule has 2 saturated heterocycles. The first-order valence-corrected chi connectivity index (χ1v) is 15.4. The van der Waals surface area contributed by atoms with Gasteiger partial charge < -0.3 is 49.9 Å². The van der Waals surface area contributed by atoms with E-state index in [0.29, 0.717) is 0 Å². The number of phosphoric acid groups is 2. The molecule has 24 heteroatoms. The zero-order valence-electron chi connectivity index (χ0n) is 22.0. The highest BCUT2D eigenvalue weighted by molar-refractivity contribution is 7.60. The van der Waals surface area contributed by atoms with E-state index < -0.39 is 77.9 Å². The maximum Gasteiger partial charge on any atom is 0.478 e. The van der Waals surface area contributed by atoms with Crippen molar-refractivity contribution in [1.29, 1.82) is 0 Å². The van der Waals surface area contributed by atoms with E-state index in [1.165, 1.54) is 40.0 Å². The van der Waals surface area contributed by atoms with Crippen molar-refractivity contribution in [3.8, 4) is 0 Å². The van der Waals surface area contributed by atoms with Crippen LogP contribution in [0.5, 0.6) is 0 Å². The van der Waals surface area contributed by atoms with E-state index in [1.54, 1.807) is 0 Å². The zero-order valence-corrected chi connectivity index (χ0v) is 23.8. The highest BCUT2D eigenvalue weighted by Gasteiger charge is 2.49. The normalized spacial score (nSPS) is 31.4. The van der Waals surface area contributed by atoms with Crippen molar-refractivity contribution in [3.63, 3.8) is 0 Å². The van der Waals surface area contributed by atoms with E-state index in [1.807, 2.05) is 0 Å². The molecule has 238 valence electrons. The summed E-state index contributed by atoms with van der Waals surface area (Å²) < 4.78 is 51.6. The van der Waals surface area contributed by atoms with E-state index in [0.717, 1.165) is 6.33 Å². The standard InChI is InChI=1S/C20H25N9O13P2/c21-17-12-18(24-7-23-17)29(8-25-12)20-16(33)14(31)11(41-20)6-39-44(36,37)42-43(34,35)38-5-10-13(30)15(32)19(40-10)28-3-1-2-9(4-28)26-27-22/h1-4,7-8,10-11,13-16,19-20,30-33H,5-6H2,(H3-,21,23,24,34,35,36,37)/t10-,11-,13-,14-,15-,16-,19-,20-/m1/s1. The lowest BCUT2D eigenvalue weighted by molar-refractivity contribution is -0.765. The Morgan fingerprint density at radius 1 is 1.09 bits per heavy atom. The summed E-state index contributed by atoms with van der Waals surface area (Å²) in [7, 11) is -11.0. The Labute approximate surface area is 245 Å². The number of anilines is 1. The summed E-state index contributed by atoms with van der Waals surface area (Å²) in [5.41, 5.74) is 14.8. The van der Waals surface area contributed by atoms with Crippen LogP contribution in [0.1, 0.15) is 12.5 Å². The van der Waals surface area contributed by atoms with Gasteiger partial charge in [-0.2, -0.15) is 4.57 Å². The number of aromatic nitrogens is 5. The number of rotatable bonds is 11. The topological polar surface area (TPSA) is 327 Å². The molecule has 3 aromatic rings. The van der Waals surface area contributed by atoms with Crippen molar-refractivity contribution >= 4 is 38.3 Å². The second kappa shape index (κ2) is 12.7. The third-order valence-electron chi connectivity index (χ3n) is 6.60. The quantitative estimate of drug-likeness (QED) is 0.0433. The fourth-order valence-corrected chi connectivity index (χ4v) is 6.57. The molecule has 22 nitrogen and oxygen atoms in total. The molecule has 2 unspecified atom stereocenters. The molecule has 0 aliphatic carbocycles. The summed E-state index contributed by atoms with van der Waals surface area (Å²) in [4.78, 5) is 36.7. The summed E-state index contributed by atoms with van der Waals surface area (Å²) in [6.45, 7) is -1.87. The Kier molecular flexibility index (Phi) is 9.29. The fraction of sp³-hybridized carbons (Fsp3) is 0.500. The molecule has 0 spiro atoms. The first-order chi connectivity index (χ1) is 20.8. The second-order valence-corrected chi connectivity index (χ2v) is 12.5. The third kappa shape index (κ3) is 6.74. The highest BCUT2D eigenvalue weighted by atomic mass is 31.3. The van der Waals surface area contributed by atoms with Gasteiger partial charge in [-0.15, -0.1) is 0 Å². The van der Waals surface area contributed by atoms with Gasteiger partial charge in [-0.25, -0.2) is 23.8 Å². The number of ether oxygens (including phenoxy) is 2. The lowest BCUT2D eigenvalue weighted by Gasteiger charge is -2.26. The van der Waals surface area contributed by atoms with Crippen LogP contribution in [-0.4, -0.2) is 94.7 Å². The van der Waals surface area contributed by atoms with Gasteiger partial charge in [-0.05, 0) is 11.6 Å². The molecule has 44 heavy (non-hydrogen) atoms. The number of aliphatic hydroxyl groups excluding tert-OH is 4. The van der Waals surface area contributed by atoms with Crippen molar-refractivity contribution in [1.82, 2.24) is 19.5 Å². The first-order valence-electron chi connectivity index (χ1n) is 12.5. The van der Waals surface area contributed by atoms with Crippen LogP contribution in [0.4, 0.5) is 11.5 Å². The molecule has 5 rings (SSSR count). The smallest absolute Gasteiger partial charge is 0.478 e. The van der Waals surface area contributed by atoms with Gasteiger partial charge >= 0.3 is 7.82 Å². The summed E-state index contributed by atoms with van der Waals surface area (Å²) in [6.07, 6.45) is -6.84. The number of hydrogen-bond donors (Lipinski definition) is 6. The largest absolute Gasteiger partial charge is 0.756 e. The van der Waals surface area contributed by atoms with E-state index in [9.17, 15) is 39.3 Å². The molecule has 2 aliphatic rings. The molecule has 2 fully saturated rings. The van der Waals surface area contributed by atoms with Crippen LogP contribution in [0.15, 0.2) is 42.3 Å². The Morgan fingerprint density at radius 3 is 2.55 bits per heavy atom. The number of nitrogen functional groups attached to an aromatic ring is 1. The van der Waals surface area contributed by atoms with E-state index in [2.05, 4.69) is 38.3 Å². The van der Waals surface area contributed by atoms with E-state index in [4.69, 9.17) is 20.7 Å². The predicted octanol–water partition coefficient (Wildman–Crippen LogP) is -1.80. The van der Waals surface area contributed by atoms with E-state index >= 15 is 0 Å². The van der Waals surface area contributed by atoms with Crippen LogP contribution in [0.3, 0.4) is 0 Å². The Hall–Kier alpha value is -3.17. The number of phosphoric ester groups is 2. The zero-order chi connectivity index (χ0) is 31.8. The SMILES string of the molecule is [N-]=[N+]=Nc1ccc[n+]([C@@H]2O[C@H](COP(=O)([O-])OP(=O)(O)OC[C@H]3O[C@@H](n4cnc5c(N)ncnc54)[C@H](O)[C@@H]3O)[C@@H](O)[C@H]2O)c1. The lowest BCUT2D eigenvalue weighted by atomic mass is 10.1. The van der Waals surface area contributed by atoms with Gasteiger partial charge in [-0.1, -0.05) is 5.11 Å². The minimum atomic E-state index is -5.61. The van der Waals surface area contributed by atoms with Gasteiger partial charge in [0.25, 0.3) is 14.1 Å². The summed E-state index contributed by atoms with van der Waals surface area (Å²) >= 11 is 0. The Morgan fingerprint density at radius 2 is 1.80 bits per heavy atom. The number of fused-ring (bicyclic) bond motifs is 1. The third-order valence-corrected chi connectivity index (χ3v) is 9.16. The van der Waals surface area contributed by atoms with Gasteiger partial charge in [0.05, 0.1) is 19.5 Å². The van der Waals surface area contributed by atoms with Crippen molar-refractivity contribution < 1.29 is 66.7 Å². The average molecular weight is 661 g/mol. The Balaban J connectivity index is 1.16. The monoisotopic (exact) mass is 661 g/mol. The van der Waals surface area contributed by atoms with Crippen LogP contribution in [-0.2, 0) is 32.0 Å². The van der Waals surface area contributed by atoms with Gasteiger partial charge in [0.2, 0.25) is 0 Å². The maximum atomic E-state index is 12.4. The number of nitrogens with zero attached hydrogens (tertiary/aromatic N) is 8. The Bertz CT molecular complexity index is 1660. The van der Waals surface area contributed by atoms with Crippen molar-refractivity contribution in [3.05, 3.63) is 47.6 Å². The molecule has 0 saturated carbocycles. The van der Waals surface area contributed by atoms with Crippen molar-refractivity contribution in [2.24, 2.45) is 5.11 Å². The van der Waals surface area contributed by atoms with Crippen molar-refractivity contribution in [2.45, 2.75) is 49.1 Å². The summed E-state index contributed by atoms with van der Waals surface area (Å²) in [6, 6.07) is 2.93. The highest BCUT2D eigenvalue weighted by Crippen LogP contribution is 2.58. The number of pyridine rings is 1. The molecule has 0 aromatic carbocycles. The number of nitrogens with two attached hydrogens (primary N) is 1. The molecule has 5 heterocycles. The van der Waals surface area contributed by atoms with Gasteiger partial charge in [0.15, 0.2) is 36.2 Å². The van der Waals surface area contributed by atoms with Crippen LogP contribution in [0.2, 0.25) is 0 Å². The molecule has 0 radical (unpaired) electrons. The van der Waals surface area contributed by atoms with Crippen molar-refractivity contribution in [2.75, 3.05) is 18.9 Å². The number of hydrogen-bond acceptors (Lipinski definition) is 17. The molecule has 3 aromatic heterocycles. The molecule has 10 atom stereocenters. The lowest BCUT2D eigenvalue weighted by Crippen LogP contribution is -2.45. The minimum absolute atomic E-state index is 0.0465. The number of azide groups is 1. The first kappa shape index (κ1) is 32.2. The van der Waals surface area contributed by atoms with Crippen LogP contribution >= 0.6 is 15.6 Å². The summed E-state index contributed by atoms with van der Waals surface area (Å²) in [5, 5.41) is 45.0. The maximum absolute atomic E-state index is 12.4. The molecule has 7 N–H and O–H groups in total. The van der Waals surface area contributed by atoms with Crippen LogP contribution in [0, 0.1) is 0 Å². The van der Waals surface area contributed by atoms with Gasteiger partial charge in [0.1, 0.15) is 48.1 Å². The minimum Gasteiger partial charge on any atom is -0.756 e. The molecule has 0 amide bonds. The molecular formula is C20H25N9O13P2. The number of imidazole rings is 1. The van der Waals surface area contributed by atoms with E-state index in [-0.39, 0.29) is 22.7 Å². The van der Waals surface area contributed by atoms with Gasteiger partial charge in [0, 0.05) is 11.0 Å². The van der Waals surface area contributed by atoms with Crippen LogP contribution < -0.4 is 15.2 Å². The predicted molar refractivity (Wildman–Crippen MR) is 137 cm³/mol. The molecule has 0 bridgehead atoms. The second-order valence-electron chi connectivity index (χ2n) is 9.46. The molecule has 2 aliphatic heterocycles. The van der Waals surface area contributed by atoms with Crippen LogP contribution in [0.25, 0.3) is 21.6 Å². The van der Waals surface area contributed by atoms with Gasteiger partial charge in [-0.3, -0.25) is 13.7 Å².